The van der Waals surface area contributed by atoms with Crippen molar-refractivity contribution in [1.82, 2.24) is 10.2 Å². The molecule has 3 N–H and O–H groups in total. The molecule has 1 aromatic heterocycles. The van der Waals surface area contributed by atoms with Gasteiger partial charge in [0.1, 0.15) is 0 Å². The first-order chi connectivity index (χ1) is 4.88. The number of nitrogens with two attached hydrogens (primary N) is 1. The number of hydrogen-bond acceptors (Lipinski definition) is 2. The van der Waals surface area contributed by atoms with Crippen molar-refractivity contribution in [2.75, 3.05) is 5.73 Å². The standard InChI is InChI=1S/C7H6N3.Y/c8-6-2-1-3-7-5(6)4-9-10-7;/h2-4H,8H2,(H,9,10);/q-1;. The number of benzene rings is 1. The third-order valence-electron chi connectivity index (χ3n) is 1.45. The zero-order valence-corrected chi connectivity index (χ0v) is 8.67. The molecule has 1 heterocycles. The van der Waals surface area contributed by atoms with E-state index in [9.17, 15) is 0 Å². The van der Waals surface area contributed by atoms with Crippen molar-refractivity contribution in [3.05, 3.63) is 24.4 Å². The van der Waals surface area contributed by atoms with Crippen LogP contribution in [0.2, 0.25) is 0 Å². The maximum atomic E-state index is 5.61. The van der Waals surface area contributed by atoms with E-state index in [1.807, 2.05) is 6.07 Å². The molecule has 2 aromatic rings. The van der Waals surface area contributed by atoms with Gasteiger partial charge in [-0.2, -0.15) is 23.3 Å². The molecule has 0 spiro atoms. The van der Waals surface area contributed by atoms with Crippen LogP contribution in [0, 0.1) is 6.07 Å². The molecule has 1 radical (unpaired) electrons. The molecule has 2 rings (SSSR count). The number of nitrogen functional groups attached to an aromatic ring is 1. The topological polar surface area (TPSA) is 54.7 Å². The van der Waals surface area contributed by atoms with Gasteiger partial charge in [-0.05, 0) is 5.52 Å². The minimum Gasteiger partial charge on any atom is -0.449 e. The molecule has 0 aliphatic rings. The number of fused-ring (bicyclic) bond motifs is 1. The van der Waals surface area contributed by atoms with Crippen LogP contribution in [0.15, 0.2) is 18.3 Å². The number of hydrogen-bond donors (Lipinski definition) is 2. The molecule has 0 fully saturated rings. The summed E-state index contributed by atoms with van der Waals surface area (Å²) in [6.45, 7) is 0. The minimum atomic E-state index is 0. The zero-order chi connectivity index (χ0) is 6.97. The quantitative estimate of drug-likeness (QED) is 0.513. The molecular formula is C7H6N3Y-. The number of anilines is 1. The minimum absolute atomic E-state index is 0. The summed E-state index contributed by atoms with van der Waals surface area (Å²) < 4.78 is 0. The monoisotopic (exact) mass is 221 g/mol. The SMILES string of the molecule is Nc1c[c-]cc2[nH]ncc12.[Y]. The van der Waals surface area contributed by atoms with E-state index in [-0.39, 0.29) is 32.7 Å². The van der Waals surface area contributed by atoms with Crippen molar-refractivity contribution in [3.8, 4) is 0 Å². The third-order valence-corrected chi connectivity index (χ3v) is 1.45. The van der Waals surface area contributed by atoms with Crippen LogP contribution in [0.4, 0.5) is 5.69 Å². The summed E-state index contributed by atoms with van der Waals surface area (Å²) in [7, 11) is 0. The predicted molar refractivity (Wildman–Crippen MR) is 39.3 cm³/mol. The van der Waals surface area contributed by atoms with Crippen LogP contribution in [-0.2, 0) is 32.7 Å². The first-order valence-electron chi connectivity index (χ1n) is 2.96. The van der Waals surface area contributed by atoms with Gasteiger partial charge in [0.05, 0.1) is 0 Å². The average Bonchev–Trinajstić information content (AvgIpc) is 2.36. The maximum Gasteiger partial charge on any atom is 0.0331 e. The van der Waals surface area contributed by atoms with Crippen LogP contribution in [-0.4, -0.2) is 10.2 Å². The Morgan fingerprint density at radius 2 is 2.27 bits per heavy atom. The summed E-state index contributed by atoms with van der Waals surface area (Å²) in [5, 5.41) is 7.59. The van der Waals surface area contributed by atoms with Gasteiger partial charge in [-0.25, -0.2) is 0 Å². The Kier molecular flexibility index (Phi) is 2.63. The Hall–Kier alpha value is -0.406. The first-order valence-corrected chi connectivity index (χ1v) is 2.96. The van der Waals surface area contributed by atoms with Crippen molar-refractivity contribution in [1.29, 1.82) is 0 Å². The number of aromatic amines is 1. The number of rotatable bonds is 0. The second kappa shape index (κ2) is 3.33. The second-order valence-corrected chi connectivity index (χ2v) is 2.11. The number of H-pyrrole nitrogens is 1. The van der Waals surface area contributed by atoms with Crippen LogP contribution in [0.3, 0.4) is 0 Å². The van der Waals surface area contributed by atoms with E-state index in [1.165, 1.54) is 0 Å². The Morgan fingerprint density at radius 1 is 1.45 bits per heavy atom. The fraction of sp³-hybridized carbons (Fsp3) is 0. The second-order valence-electron chi connectivity index (χ2n) is 2.11. The van der Waals surface area contributed by atoms with Crippen molar-refractivity contribution in [2.24, 2.45) is 0 Å². The fourth-order valence-electron chi connectivity index (χ4n) is 0.929. The predicted octanol–water partition coefficient (Wildman–Crippen LogP) is 0.943. The van der Waals surface area contributed by atoms with Gasteiger partial charge in [0.25, 0.3) is 0 Å². The summed E-state index contributed by atoms with van der Waals surface area (Å²) in [4.78, 5) is 0. The molecule has 0 aliphatic carbocycles. The Bertz CT molecular complexity index is 355. The summed E-state index contributed by atoms with van der Waals surface area (Å²) in [6, 6.07) is 6.45. The van der Waals surface area contributed by atoms with Crippen molar-refractivity contribution >= 4 is 16.6 Å². The van der Waals surface area contributed by atoms with Crippen LogP contribution >= 0.6 is 0 Å². The van der Waals surface area contributed by atoms with Gasteiger partial charge >= 0.3 is 0 Å². The van der Waals surface area contributed by atoms with Gasteiger partial charge < -0.3 is 10.8 Å². The van der Waals surface area contributed by atoms with Crippen molar-refractivity contribution in [2.45, 2.75) is 0 Å². The first kappa shape index (κ1) is 8.69. The van der Waals surface area contributed by atoms with Crippen molar-refractivity contribution in [3.63, 3.8) is 0 Å². The smallest absolute Gasteiger partial charge is 0.0331 e. The number of nitrogens with zero attached hydrogens (tertiary/aromatic N) is 1. The number of nitrogens with one attached hydrogen (secondary N) is 1. The van der Waals surface area contributed by atoms with E-state index in [0.29, 0.717) is 5.69 Å². The summed E-state index contributed by atoms with van der Waals surface area (Å²) in [6.07, 6.45) is 1.71. The molecule has 0 amide bonds. The molecule has 0 saturated carbocycles. The molecule has 11 heavy (non-hydrogen) atoms. The van der Waals surface area contributed by atoms with Crippen LogP contribution in [0.5, 0.6) is 0 Å². The van der Waals surface area contributed by atoms with Gasteiger partial charge in [-0.15, -0.1) is 0 Å². The van der Waals surface area contributed by atoms with Gasteiger partial charge in [0, 0.05) is 38.9 Å². The van der Waals surface area contributed by atoms with E-state index in [4.69, 9.17) is 5.73 Å². The molecule has 4 heteroatoms. The molecule has 0 unspecified atom stereocenters. The van der Waals surface area contributed by atoms with E-state index in [1.54, 1.807) is 12.3 Å². The molecule has 1 aromatic carbocycles. The maximum absolute atomic E-state index is 5.61. The largest absolute Gasteiger partial charge is 0.449 e. The van der Waals surface area contributed by atoms with E-state index in [0.717, 1.165) is 10.9 Å². The molecule has 3 nitrogen and oxygen atoms in total. The summed E-state index contributed by atoms with van der Waals surface area (Å²) >= 11 is 0. The molecule has 53 valence electrons. The van der Waals surface area contributed by atoms with E-state index < -0.39 is 0 Å². The van der Waals surface area contributed by atoms with Gasteiger partial charge in [0.2, 0.25) is 0 Å². The van der Waals surface area contributed by atoms with Gasteiger partial charge in [-0.1, -0.05) is 11.1 Å². The average molecular weight is 221 g/mol. The molecule has 0 aliphatic heterocycles. The number of aromatic nitrogens is 2. The van der Waals surface area contributed by atoms with Gasteiger partial charge in [0.15, 0.2) is 0 Å². The normalized spacial score (nSPS) is 9.45. The molecule has 0 saturated heterocycles. The third kappa shape index (κ3) is 1.44. The Balaban J connectivity index is 0.000000605. The molecule has 0 atom stereocenters. The zero-order valence-electron chi connectivity index (χ0n) is 5.83. The van der Waals surface area contributed by atoms with Gasteiger partial charge in [-0.3, -0.25) is 0 Å². The molecule has 0 bridgehead atoms. The fourth-order valence-corrected chi connectivity index (χ4v) is 0.929. The summed E-state index contributed by atoms with van der Waals surface area (Å²) in [5.41, 5.74) is 7.25. The van der Waals surface area contributed by atoms with Crippen LogP contribution in [0.1, 0.15) is 0 Å². The van der Waals surface area contributed by atoms with Crippen molar-refractivity contribution < 1.29 is 32.7 Å². The van der Waals surface area contributed by atoms with E-state index in [2.05, 4.69) is 16.3 Å². The van der Waals surface area contributed by atoms with Crippen LogP contribution in [0.25, 0.3) is 10.9 Å². The van der Waals surface area contributed by atoms with Crippen LogP contribution < -0.4 is 5.73 Å². The Morgan fingerprint density at radius 3 is 3.00 bits per heavy atom. The summed E-state index contributed by atoms with van der Waals surface area (Å²) in [5.74, 6) is 0. The van der Waals surface area contributed by atoms with E-state index >= 15 is 0 Å². The Labute approximate surface area is 89.2 Å². The molecular weight excluding hydrogens is 215 g/mol.